The van der Waals surface area contributed by atoms with Crippen molar-refractivity contribution < 1.29 is 4.84 Å². The second kappa shape index (κ2) is 3.69. The number of hydrogen-bond acceptors (Lipinski definition) is 2. The van der Waals surface area contributed by atoms with Gasteiger partial charge < -0.3 is 4.84 Å². The zero-order valence-electron chi connectivity index (χ0n) is 8.46. The van der Waals surface area contributed by atoms with Gasteiger partial charge in [0, 0.05) is 11.6 Å². The van der Waals surface area contributed by atoms with E-state index in [1.807, 2.05) is 6.21 Å². The average Bonchev–Trinajstić information content (AvgIpc) is 2.54. The average molecular weight is 181 g/mol. The maximum atomic E-state index is 5.44. The van der Waals surface area contributed by atoms with Gasteiger partial charge in [-0.3, -0.25) is 0 Å². The third kappa shape index (κ3) is 2.23. The number of nitrogens with zero attached hydrogens (tertiary/aromatic N) is 1. The van der Waals surface area contributed by atoms with Crippen LogP contribution in [0.15, 0.2) is 5.16 Å². The minimum Gasteiger partial charge on any atom is -0.393 e. The van der Waals surface area contributed by atoms with Crippen molar-refractivity contribution in [1.82, 2.24) is 0 Å². The summed E-state index contributed by atoms with van der Waals surface area (Å²) in [5, 5.41) is 4.12. The molecule has 2 fully saturated rings. The van der Waals surface area contributed by atoms with Crippen molar-refractivity contribution in [3.05, 3.63) is 0 Å². The Kier molecular flexibility index (Phi) is 2.56. The Balaban J connectivity index is 1.71. The van der Waals surface area contributed by atoms with E-state index in [-0.39, 0.29) is 0 Å². The largest absolute Gasteiger partial charge is 0.393 e. The molecule has 0 heterocycles. The SMILES string of the molecule is CC1(/C=N/OC2CCCC2)CCC1. The van der Waals surface area contributed by atoms with E-state index < -0.39 is 0 Å². The first-order valence-corrected chi connectivity index (χ1v) is 5.49. The molecule has 0 aromatic carbocycles. The summed E-state index contributed by atoms with van der Waals surface area (Å²) in [7, 11) is 0. The predicted molar refractivity (Wildman–Crippen MR) is 53.8 cm³/mol. The van der Waals surface area contributed by atoms with Crippen molar-refractivity contribution >= 4 is 6.21 Å². The first-order valence-electron chi connectivity index (χ1n) is 5.49. The molecule has 2 saturated carbocycles. The predicted octanol–water partition coefficient (Wildman–Crippen LogP) is 3.12. The van der Waals surface area contributed by atoms with Crippen molar-refractivity contribution in [2.45, 2.75) is 58.0 Å². The minimum atomic E-state index is 0.360. The Bertz CT molecular complexity index is 190. The number of oxime groups is 1. The summed E-state index contributed by atoms with van der Waals surface area (Å²) in [4.78, 5) is 5.44. The molecule has 74 valence electrons. The molecule has 2 nitrogen and oxygen atoms in total. The van der Waals surface area contributed by atoms with Gasteiger partial charge >= 0.3 is 0 Å². The fourth-order valence-electron chi connectivity index (χ4n) is 2.10. The van der Waals surface area contributed by atoms with Crippen molar-refractivity contribution in [2.24, 2.45) is 10.6 Å². The molecule has 0 N–H and O–H groups in total. The standard InChI is InChI=1S/C11H19NO/c1-11(7-4-8-11)9-12-13-10-5-2-3-6-10/h9-10H,2-8H2,1H3/b12-9+. The number of hydrogen-bond donors (Lipinski definition) is 0. The summed E-state index contributed by atoms with van der Waals surface area (Å²) in [6.07, 6.45) is 11.4. The number of rotatable bonds is 3. The third-order valence-electron chi connectivity index (χ3n) is 3.37. The Labute approximate surface area is 80.3 Å². The smallest absolute Gasteiger partial charge is 0.127 e. The van der Waals surface area contributed by atoms with E-state index in [1.165, 1.54) is 44.9 Å². The molecular weight excluding hydrogens is 162 g/mol. The molecule has 0 saturated heterocycles. The molecule has 2 heteroatoms. The Morgan fingerprint density at radius 1 is 1.23 bits per heavy atom. The van der Waals surface area contributed by atoms with E-state index in [9.17, 15) is 0 Å². The fourth-order valence-corrected chi connectivity index (χ4v) is 2.10. The monoisotopic (exact) mass is 181 g/mol. The van der Waals surface area contributed by atoms with Crippen LogP contribution in [0.5, 0.6) is 0 Å². The molecular formula is C11H19NO. The van der Waals surface area contributed by atoms with Crippen molar-refractivity contribution in [3.63, 3.8) is 0 Å². The lowest BCUT2D eigenvalue weighted by atomic mass is 9.72. The minimum absolute atomic E-state index is 0.360. The van der Waals surface area contributed by atoms with Crippen LogP contribution in [-0.4, -0.2) is 12.3 Å². The highest BCUT2D eigenvalue weighted by Gasteiger charge is 2.30. The van der Waals surface area contributed by atoms with Crippen molar-refractivity contribution in [1.29, 1.82) is 0 Å². The first-order chi connectivity index (χ1) is 6.29. The van der Waals surface area contributed by atoms with Crippen LogP contribution in [-0.2, 0) is 4.84 Å². The summed E-state index contributed by atoms with van der Waals surface area (Å²) in [6.45, 7) is 2.26. The quantitative estimate of drug-likeness (QED) is 0.484. The van der Waals surface area contributed by atoms with Crippen molar-refractivity contribution in [2.75, 3.05) is 0 Å². The third-order valence-corrected chi connectivity index (χ3v) is 3.37. The highest BCUT2D eigenvalue weighted by atomic mass is 16.6. The van der Waals surface area contributed by atoms with Crippen LogP contribution < -0.4 is 0 Å². The van der Waals surface area contributed by atoms with Gasteiger partial charge in [-0.2, -0.15) is 0 Å². The summed E-state index contributed by atoms with van der Waals surface area (Å²) >= 11 is 0. The summed E-state index contributed by atoms with van der Waals surface area (Å²) in [5.41, 5.74) is 0.360. The van der Waals surface area contributed by atoms with E-state index in [1.54, 1.807) is 0 Å². The molecule has 0 spiro atoms. The van der Waals surface area contributed by atoms with Crippen LogP contribution in [0.3, 0.4) is 0 Å². The molecule has 2 aliphatic carbocycles. The van der Waals surface area contributed by atoms with Crippen LogP contribution in [0.4, 0.5) is 0 Å². The highest BCUT2D eigenvalue weighted by molar-refractivity contribution is 5.65. The molecule has 0 aromatic rings. The van der Waals surface area contributed by atoms with Gasteiger partial charge in [-0.25, -0.2) is 0 Å². The fraction of sp³-hybridized carbons (Fsp3) is 0.909. The van der Waals surface area contributed by atoms with Crippen LogP contribution >= 0.6 is 0 Å². The van der Waals surface area contributed by atoms with Crippen LogP contribution in [0.1, 0.15) is 51.9 Å². The Morgan fingerprint density at radius 2 is 1.92 bits per heavy atom. The second-order valence-electron chi connectivity index (χ2n) is 4.75. The molecule has 0 aromatic heterocycles. The zero-order valence-corrected chi connectivity index (χ0v) is 8.46. The lowest BCUT2D eigenvalue weighted by Gasteiger charge is -2.33. The van der Waals surface area contributed by atoms with Gasteiger partial charge in [0.1, 0.15) is 6.10 Å². The van der Waals surface area contributed by atoms with Crippen LogP contribution in [0.25, 0.3) is 0 Å². The highest BCUT2D eigenvalue weighted by Crippen LogP contribution is 2.38. The van der Waals surface area contributed by atoms with Gasteiger partial charge in [0.15, 0.2) is 0 Å². The molecule has 0 atom stereocenters. The second-order valence-corrected chi connectivity index (χ2v) is 4.75. The molecule has 0 radical (unpaired) electrons. The van der Waals surface area contributed by atoms with Gasteiger partial charge in [-0.05, 0) is 38.5 Å². The van der Waals surface area contributed by atoms with Gasteiger partial charge in [0.05, 0.1) is 0 Å². The van der Waals surface area contributed by atoms with E-state index in [0.717, 1.165) is 0 Å². The molecule has 2 aliphatic rings. The molecule has 0 aliphatic heterocycles. The molecule has 13 heavy (non-hydrogen) atoms. The maximum absolute atomic E-state index is 5.44. The molecule has 2 rings (SSSR count). The lowest BCUT2D eigenvalue weighted by Crippen LogP contribution is -2.27. The van der Waals surface area contributed by atoms with Crippen molar-refractivity contribution in [3.8, 4) is 0 Å². The van der Waals surface area contributed by atoms with E-state index in [4.69, 9.17) is 4.84 Å². The summed E-state index contributed by atoms with van der Waals surface area (Å²) < 4.78 is 0. The molecule has 0 unspecified atom stereocenters. The van der Waals surface area contributed by atoms with Gasteiger partial charge in [-0.15, -0.1) is 0 Å². The van der Waals surface area contributed by atoms with Gasteiger partial charge in [-0.1, -0.05) is 18.5 Å². The maximum Gasteiger partial charge on any atom is 0.127 e. The Hall–Kier alpha value is -0.530. The van der Waals surface area contributed by atoms with E-state index in [2.05, 4.69) is 12.1 Å². The zero-order chi connectivity index (χ0) is 9.15. The molecule has 0 bridgehead atoms. The van der Waals surface area contributed by atoms with Crippen LogP contribution in [0.2, 0.25) is 0 Å². The normalized spacial score (nSPS) is 27.8. The van der Waals surface area contributed by atoms with E-state index in [0.29, 0.717) is 11.5 Å². The topological polar surface area (TPSA) is 21.6 Å². The summed E-state index contributed by atoms with van der Waals surface area (Å²) in [5.74, 6) is 0. The van der Waals surface area contributed by atoms with E-state index >= 15 is 0 Å². The first kappa shape index (κ1) is 9.04. The van der Waals surface area contributed by atoms with Gasteiger partial charge in [0.25, 0.3) is 0 Å². The van der Waals surface area contributed by atoms with Gasteiger partial charge in [0.2, 0.25) is 0 Å². The lowest BCUT2D eigenvalue weighted by molar-refractivity contribution is 0.0620. The summed E-state index contributed by atoms with van der Waals surface area (Å²) in [6, 6.07) is 0. The molecule has 0 amide bonds. The Morgan fingerprint density at radius 3 is 2.46 bits per heavy atom. The van der Waals surface area contributed by atoms with Crippen LogP contribution in [0, 0.1) is 5.41 Å².